The zero-order valence-electron chi connectivity index (χ0n) is 28.9. The fourth-order valence-corrected chi connectivity index (χ4v) is 6.45. The Balaban J connectivity index is 1.69. The van der Waals surface area contributed by atoms with Crippen molar-refractivity contribution in [1.82, 2.24) is 14.7 Å². The van der Waals surface area contributed by atoms with Gasteiger partial charge in [-0.2, -0.15) is 5.10 Å². The second-order valence-corrected chi connectivity index (χ2v) is 12.3. The lowest BCUT2D eigenvalue weighted by Crippen LogP contribution is -2.64. The first kappa shape index (κ1) is 36.7. The molecule has 1 aromatic heterocycles. The van der Waals surface area contributed by atoms with Gasteiger partial charge in [-0.1, -0.05) is 60.7 Å². The predicted molar refractivity (Wildman–Crippen MR) is 176 cm³/mol. The third-order valence-corrected chi connectivity index (χ3v) is 8.52. The molecule has 0 N–H and O–H groups in total. The standard InChI is InChI=1S/C36H39N3O12/c1-19(2)38-18-25(27(23-13-9-7-10-14-23)24-15-11-8-12-16-24)39-28(34(38)44)29(26(43)17-37-39)50-36-33(49-22(5)42)31(48-21(4)41)30(47-20(3)40)32(51-36)35(45)46-6/h7-17,19,25,27,30-33,36H,18H2,1-6H3/t25-,30+,31?,32?,33?,36-/m1/s1. The first-order valence-corrected chi connectivity index (χ1v) is 16.3. The first-order valence-electron chi connectivity index (χ1n) is 16.3. The molecule has 0 radical (unpaired) electrons. The van der Waals surface area contributed by atoms with Gasteiger partial charge in [0, 0.05) is 39.3 Å². The molecule has 0 aliphatic carbocycles. The Hall–Kier alpha value is -5.57. The Morgan fingerprint density at radius 1 is 0.804 bits per heavy atom. The predicted octanol–water partition coefficient (Wildman–Crippen LogP) is 2.55. The smallest absolute Gasteiger partial charge is 0.339 e. The summed E-state index contributed by atoms with van der Waals surface area (Å²) in [6.45, 7) is 7.04. The average Bonchev–Trinajstić information content (AvgIpc) is 3.09. The number of amides is 1. The van der Waals surface area contributed by atoms with Gasteiger partial charge in [0.1, 0.15) is 0 Å². The number of aromatic nitrogens is 2. The lowest BCUT2D eigenvalue weighted by molar-refractivity contribution is -0.282. The van der Waals surface area contributed by atoms with Crippen LogP contribution < -0.4 is 10.2 Å². The van der Waals surface area contributed by atoms with Crippen molar-refractivity contribution >= 4 is 29.8 Å². The topological polar surface area (TPSA) is 179 Å². The van der Waals surface area contributed by atoms with E-state index in [9.17, 15) is 28.8 Å². The second-order valence-electron chi connectivity index (χ2n) is 12.3. The van der Waals surface area contributed by atoms with E-state index in [0.717, 1.165) is 45.2 Å². The summed E-state index contributed by atoms with van der Waals surface area (Å²) in [5.41, 5.74) is 0.789. The number of ether oxygens (including phenoxy) is 6. The molecule has 1 fully saturated rings. The van der Waals surface area contributed by atoms with Crippen molar-refractivity contribution in [1.29, 1.82) is 0 Å². The summed E-state index contributed by atoms with van der Waals surface area (Å²) >= 11 is 0. The Labute approximate surface area is 293 Å². The maximum Gasteiger partial charge on any atom is 0.339 e. The fourth-order valence-electron chi connectivity index (χ4n) is 6.45. The van der Waals surface area contributed by atoms with E-state index in [2.05, 4.69) is 5.10 Å². The normalized spacial score (nSPS) is 22.9. The Morgan fingerprint density at radius 2 is 1.33 bits per heavy atom. The maximum absolute atomic E-state index is 14.3. The van der Waals surface area contributed by atoms with Gasteiger partial charge in [0.2, 0.25) is 23.6 Å². The van der Waals surface area contributed by atoms with Crippen molar-refractivity contribution in [2.24, 2.45) is 0 Å². The minimum absolute atomic E-state index is 0.215. The third-order valence-electron chi connectivity index (χ3n) is 8.52. The zero-order valence-corrected chi connectivity index (χ0v) is 28.9. The van der Waals surface area contributed by atoms with Crippen molar-refractivity contribution in [2.45, 2.75) is 83.3 Å². The van der Waals surface area contributed by atoms with Crippen LogP contribution in [-0.2, 0) is 42.9 Å². The number of esters is 4. The van der Waals surface area contributed by atoms with Gasteiger partial charge in [-0.05, 0) is 25.0 Å². The zero-order chi connectivity index (χ0) is 37.0. The van der Waals surface area contributed by atoms with Gasteiger partial charge in [-0.15, -0.1) is 0 Å². The number of fused-ring (bicyclic) bond motifs is 1. The van der Waals surface area contributed by atoms with Gasteiger partial charge in [0.15, 0.2) is 24.0 Å². The number of carbonyl (C=O) groups is 5. The molecule has 0 spiro atoms. The van der Waals surface area contributed by atoms with Crippen molar-refractivity contribution in [3.05, 3.63) is 93.9 Å². The minimum atomic E-state index is -1.87. The maximum atomic E-state index is 14.3. The van der Waals surface area contributed by atoms with Crippen LogP contribution in [0.5, 0.6) is 5.75 Å². The SMILES string of the molecule is COC(=O)C1O[C@@H](Oc2c3n(ncc2=O)[C@@H](C(c2ccccc2)c2ccccc2)CN(C(C)C)C3=O)C(OC(C)=O)C(OC(C)=O)[C@@H]1OC(C)=O. The molecule has 15 heteroatoms. The minimum Gasteiger partial charge on any atom is -0.467 e. The summed E-state index contributed by atoms with van der Waals surface area (Å²) in [6.07, 6.45) is -7.69. The lowest BCUT2D eigenvalue weighted by Gasteiger charge is -2.44. The summed E-state index contributed by atoms with van der Waals surface area (Å²) < 4.78 is 34.6. The molecular weight excluding hydrogens is 666 g/mol. The van der Waals surface area contributed by atoms with Crippen LogP contribution in [0.25, 0.3) is 0 Å². The van der Waals surface area contributed by atoms with Gasteiger partial charge in [0.25, 0.3) is 5.91 Å². The van der Waals surface area contributed by atoms with E-state index in [4.69, 9.17) is 28.4 Å². The number of hydrogen-bond acceptors (Lipinski definition) is 13. The molecule has 3 aromatic rings. The summed E-state index contributed by atoms with van der Waals surface area (Å²) in [7, 11) is 1.05. The molecule has 2 aliphatic rings. The van der Waals surface area contributed by atoms with E-state index < -0.39 is 77.7 Å². The molecule has 5 rings (SSSR count). The largest absolute Gasteiger partial charge is 0.467 e. The van der Waals surface area contributed by atoms with Crippen LogP contribution in [0.3, 0.4) is 0 Å². The van der Waals surface area contributed by atoms with Crippen molar-refractivity contribution < 1.29 is 52.4 Å². The van der Waals surface area contributed by atoms with Crippen molar-refractivity contribution in [2.75, 3.05) is 13.7 Å². The molecule has 270 valence electrons. The number of hydrogen-bond donors (Lipinski definition) is 0. The van der Waals surface area contributed by atoms with E-state index in [1.54, 1.807) is 4.90 Å². The molecule has 51 heavy (non-hydrogen) atoms. The average molecular weight is 706 g/mol. The van der Waals surface area contributed by atoms with Gasteiger partial charge in [-0.3, -0.25) is 28.7 Å². The molecule has 1 saturated heterocycles. The summed E-state index contributed by atoms with van der Waals surface area (Å²) in [6, 6.07) is 18.4. The molecule has 3 heterocycles. The van der Waals surface area contributed by atoms with Gasteiger partial charge in [-0.25, -0.2) is 4.79 Å². The molecule has 3 unspecified atom stereocenters. The highest BCUT2D eigenvalue weighted by molar-refractivity contribution is 5.96. The van der Waals surface area contributed by atoms with E-state index in [1.165, 1.54) is 4.68 Å². The highest BCUT2D eigenvalue weighted by Gasteiger charge is 2.56. The third kappa shape index (κ3) is 7.77. The monoisotopic (exact) mass is 705 g/mol. The van der Waals surface area contributed by atoms with Gasteiger partial charge < -0.3 is 33.3 Å². The molecule has 2 aliphatic heterocycles. The first-order chi connectivity index (χ1) is 24.3. The number of methoxy groups -OCH3 is 1. The molecule has 6 atom stereocenters. The number of rotatable bonds is 10. The van der Waals surface area contributed by atoms with Crippen LogP contribution in [0, 0.1) is 0 Å². The molecule has 0 bridgehead atoms. The Morgan fingerprint density at radius 3 is 1.84 bits per heavy atom. The molecule has 1 amide bonds. The lowest BCUT2D eigenvalue weighted by atomic mass is 9.83. The summed E-state index contributed by atoms with van der Waals surface area (Å²) in [5.74, 6) is -5.19. The van der Waals surface area contributed by atoms with Gasteiger partial charge >= 0.3 is 23.9 Å². The van der Waals surface area contributed by atoms with Crippen molar-refractivity contribution in [3.63, 3.8) is 0 Å². The molecular formula is C36H39N3O12. The highest BCUT2D eigenvalue weighted by Crippen LogP contribution is 2.40. The van der Waals surface area contributed by atoms with Crippen LogP contribution in [0.15, 0.2) is 71.7 Å². The van der Waals surface area contributed by atoms with Crippen LogP contribution in [0.1, 0.15) is 68.2 Å². The summed E-state index contributed by atoms with van der Waals surface area (Å²) in [4.78, 5) is 79.4. The van der Waals surface area contributed by atoms with Crippen LogP contribution in [0.2, 0.25) is 0 Å². The Kier molecular flexibility index (Phi) is 11.2. The molecule has 15 nitrogen and oxygen atoms in total. The summed E-state index contributed by atoms with van der Waals surface area (Å²) in [5, 5.41) is 4.44. The number of carbonyl (C=O) groups excluding carboxylic acids is 5. The van der Waals surface area contributed by atoms with E-state index >= 15 is 0 Å². The van der Waals surface area contributed by atoms with Crippen LogP contribution >= 0.6 is 0 Å². The Bertz CT molecular complexity index is 1790. The highest BCUT2D eigenvalue weighted by atomic mass is 16.7. The van der Waals surface area contributed by atoms with Crippen LogP contribution in [-0.4, -0.2) is 94.9 Å². The van der Waals surface area contributed by atoms with E-state index in [1.807, 2.05) is 74.5 Å². The fraction of sp³-hybridized carbons (Fsp3) is 0.417. The van der Waals surface area contributed by atoms with E-state index in [0.29, 0.717) is 0 Å². The van der Waals surface area contributed by atoms with E-state index in [-0.39, 0.29) is 24.2 Å². The number of nitrogens with zero attached hydrogens (tertiary/aromatic N) is 3. The van der Waals surface area contributed by atoms with Crippen LogP contribution in [0.4, 0.5) is 0 Å². The quantitative estimate of drug-likeness (QED) is 0.222. The molecule has 0 saturated carbocycles. The number of benzene rings is 2. The molecule has 2 aromatic carbocycles. The van der Waals surface area contributed by atoms with Gasteiger partial charge in [0.05, 0.1) is 19.3 Å². The second kappa shape index (κ2) is 15.5. The van der Waals surface area contributed by atoms with Crippen molar-refractivity contribution in [3.8, 4) is 5.75 Å².